The van der Waals surface area contributed by atoms with Gasteiger partial charge in [-0.1, -0.05) is 86.4 Å². The summed E-state index contributed by atoms with van der Waals surface area (Å²) in [7, 11) is 12.0. The summed E-state index contributed by atoms with van der Waals surface area (Å²) >= 11 is 0. The molecule has 0 bridgehead atoms. The number of nitrogens with zero attached hydrogens (tertiary/aromatic N) is 15. The number of rotatable bonds is 6. The maximum atomic E-state index is 10.1. The number of carboxylic acids is 3. The average molecular weight is 1580 g/mol. The minimum Gasteiger partial charge on any atom is -0.509 e. The largest absolute Gasteiger partial charge is 2.00 e. The molecule has 0 saturated carbocycles. The van der Waals surface area contributed by atoms with Gasteiger partial charge >= 0.3 is 77.3 Å². The van der Waals surface area contributed by atoms with Crippen molar-refractivity contribution in [3.63, 3.8) is 0 Å². The molecule has 0 spiro atoms. The van der Waals surface area contributed by atoms with Crippen molar-refractivity contribution in [2.24, 2.45) is 0 Å². The van der Waals surface area contributed by atoms with E-state index in [1.807, 2.05) is 216 Å². The average Bonchev–Trinajstić information content (AvgIpc) is 4.25. The van der Waals surface area contributed by atoms with Crippen molar-refractivity contribution < 1.29 is 89.1 Å². The SMILES string of the molecule is C.CCC.CCC.CCC.CN1C=CN(N2C=CN(C)[CH-]2)[CH-]1.CN1C=CN(N2C=CN(C)[CH-]2)[CH-]1.CN1C=CN(N2C=CN(C)[CH-]2)[CH-]1.O=C(O)c1ccccn1.O=C(O)c1ccccn1.O=C(O)c1ccccn1.[Os+2].[Os+2].[Os+2]. The molecule has 76 heavy (non-hydrogen) atoms. The van der Waals surface area contributed by atoms with Gasteiger partial charge in [0.1, 0.15) is 17.1 Å². The summed E-state index contributed by atoms with van der Waals surface area (Å²) in [6.07, 6.45) is 32.1. The maximum Gasteiger partial charge on any atom is 2.00 e. The summed E-state index contributed by atoms with van der Waals surface area (Å²) in [5.41, 5.74) is 0.243. The normalized spacial score (nSPS) is 14.2. The van der Waals surface area contributed by atoms with Crippen molar-refractivity contribution in [1.82, 2.24) is 74.4 Å². The molecule has 0 amide bonds. The number of carbonyl (C=O) groups is 3. The summed E-state index contributed by atoms with van der Waals surface area (Å²) in [6.45, 7) is 24.8. The first-order chi connectivity index (χ1) is 34.4. The number of aromatic carboxylic acids is 3. The van der Waals surface area contributed by atoms with Crippen LogP contribution in [0.4, 0.5) is 0 Å². The first-order valence-electron chi connectivity index (χ1n) is 23.1. The van der Waals surface area contributed by atoms with E-state index in [1.54, 1.807) is 36.4 Å². The quantitative estimate of drug-likeness (QED) is 0.198. The van der Waals surface area contributed by atoms with Gasteiger partial charge < -0.3 is 74.8 Å². The van der Waals surface area contributed by atoms with Crippen LogP contribution in [0.25, 0.3) is 0 Å². The summed E-state index contributed by atoms with van der Waals surface area (Å²) in [4.78, 5) is 53.2. The Balaban J connectivity index is -0.000000394. The molecule has 0 radical (unpaired) electrons. The Bertz CT molecular complexity index is 1820. The molecule has 0 atom stereocenters. The zero-order valence-corrected chi connectivity index (χ0v) is 52.4. The number of hydrazine groups is 3. The second-order valence-corrected chi connectivity index (χ2v) is 15.4. The monoisotopic (exact) mass is 1590 g/mol. The molecule has 0 fully saturated rings. The molecule has 0 aliphatic carbocycles. The van der Waals surface area contributed by atoms with E-state index in [0.29, 0.717) is 0 Å². The van der Waals surface area contributed by atoms with E-state index in [2.05, 4.69) is 56.5 Å². The second kappa shape index (κ2) is 45.0. The van der Waals surface area contributed by atoms with Gasteiger partial charge in [-0.25, -0.2) is 29.3 Å². The van der Waals surface area contributed by atoms with E-state index in [9.17, 15) is 14.4 Å². The fourth-order valence-corrected chi connectivity index (χ4v) is 4.91. The molecule has 0 unspecified atom stereocenters. The van der Waals surface area contributed by atoms with Crippen LogP contribution in [0.15, 0.2) is 148 Å². The van der Waals surface area contributed by atoms with Gasteiger partial charge in [0.2, 0.25) is 0 Å². The summed E-state index contributed by atoms with van der Waals surface area (Å²) in [5, 5.41) is 37.0. The van der Waals surface area contributed by atoms with E-state index in [1.165, 1.54) is 56.1 Å². The Morgan fingerprint density at radius 2 is 0.513 bits per heavy atom. The smallest absolute Gasteiger partial charge is 0.509 e. The van der Waals surface area contributed by atoms with Gasteiger partial charge in [0.25, 0.3) is 0 Å². The predicted molar refractivity (Wildman–Crippen MR) is 286 cm³/mol. The Morgan fingerprint density at radius 3 is 0.592 bits per heavy atom. The van der Waals surface area contributed by atoms with Crippen LogP contribution in [0.1, 0.15) is 99.7 Å². The van der Waals surface area contributed by atoms with Crippen LogP contribution >= 0.6 is 0 Å². The van der Waals surface area contributed by atoms with Gasteiger partial charge in [-0.2, -0.15) is 0 Å². The molecule has 0 saturated heterocycles. The van der Waals surface area contributed by atoms with Gasteiger partial charge in [-0.05, 0) is 116 Å². The van der Waals surface area contributed by atoms with Crippen LogP contribution in [0.3, 0.4) is 0 Å². The molecule has 6 aliphatic rings. The van der Waals surface area contributed by atoms with Crippen molar-refractivity contribution >= 4 is 17.9 Å². The minimum atomic E-state index is -0.990. The van der Waals surface area contributed by atoms with Crippen molar-refractivity contribution in [1.29, 1.82) is 0 Å². The first kappa shape index (κ1) is 76.3. The van der Waals surface area contributed by atoms with Crippen molar-refractivity contribution in [3.8, 4) is 0 Å². The summed E-state index contributed by atoms with van der Waals surface area (Å²) < 4.78 is 0. The van der Waals surface area contributed by atoms with E-state index in [4.69, 9.17) is 15.3 Å². The zero-order valence-electron chi connectivity index (χ0n) is 44.8. The van der Waals surface area contributed by atoms with Gasteiger partial charge in [0.15, 0.2) is 0 Å². The number of hydrogen-bond acceptors (Lipinski definition) is 18. The zero-order chi connectivity index (χ0) is 53.8. The second-order valence-electron chi connectivity index (χ2n) is 15.4. The Labute approximate surface area is 493 Å². The van der Waals surface area contributed by atoms with Gasteiger partial charge in [-0.3, -0.25) is 0 Å². The summed E-state index contributed by atoms with van der Waals surface area (Å²) in [5.74, 6) is -2.97. The van der Waals surface area contributed by atoms with E-state index < -0.39 is 17.9 Å². The number of carboxylic acid groups (broad SMARTS) is 3. The molecule has 3 aromatic heterocycles. The Hall–Kier alpha value is -6.19. The molecule has 6 aliphatic heterocycles. The third-order valence-electron chi connectivity index (χ3n) is 7.98. The Kier molecular flexibility index (Phi) is 45.2. The van der Waals surface area contributed by atoms with Crippen LogP contribution < -0.4 is 0 Å². The van der Waals surface area contributed by atoms with Crippen molar-refractivity contribution in [2.45, 2.75) is 68.2 Å². The molecular weight excluding hydrogens is 1500 g/mol. The van der Waals surface area contributed by atoms with Crippen LogP contribution in [-0.4, -0.2) is 150 Å². The van der Waals surface area contributed by atoms with Crippen LogP contribution in [0, 0.1) is 40.0 Å². The van der Waals surface area contributed by atoms with Crippen LogP contribution in [0.2, 0.25) is 0 Å². The fraction of sp³-hybridized carbons (Fsp3) is 0.308. The third kappa shape index (κ3) is 33.0. The molecule has 21 nitrogen and oxygen atoms in total. The topological polar surface area (TPSA) is 189 Å². The van der Waals surface area contributed by atoms with Crippen LogP contribution in [-0.2, 0) is 59.4 Å². The van der Waals surface area contributed by atoms with Gasteiger partial charge in [0.05, 0.1) is 0 Å². The van der Waals surface area contributed by atoms with E-state index >= 15 is 0 Å². The predicted octanol–water partition coefficient (Wildman–Crippen LogP) is 8.95. The van der Waals surface area contributed by atoms with E-state index in [0.717, 1.165) is 0 Å². The maximum absolute atomic E-state index is 10.1. The van der Waals surface area contributed by atoms with Gasteiger partial charge in [0, 0.05) is 55.8 Å². The first-order valence-corrected chi connectivity index (χ1v) is 23.1. The van der Waals surface area contributed by atoms with Crippen LogP contribution in [0.5, 0.6) is 0 Å². The molecule has 9 rings (SSSR count). The fourth-order valence-electron chi connectivity index (χ4n) is 4.91. The van der Waals surface area contributed by atoms with Gasteiger partial charge in [-0.15, -0.1) is 40.0 Å². The summed E-state index contributed by atoms with van der Waals surface area (Å²) in [6, 6.07) is 14.3. The van der Waals surface area contributed by atoms with Crippen molar-refractivity contribution in [3.05, 3.63) is 205 Å². The number of hydrogen-bond donors (Lipinski definition) is 3. The minimum absolute atomic E-state index is 0. The molecule has 0 aromatic carbocycles. The number of aromatic nitrogens is 3. The number of pyridine rings is 3. The molecule has 3 N–H and O–H groups in total. The Morgan fingerprint density at radius 1 is 0.355 bits per heavy atom. The molecule has 24 heteroatoms. The molecule has 9 heterocycles. The molecule has 422 valence electrons. The molecular formula is C52H79N15O6Os3. The third-order valence-corrected chi connectivity index (χ3v) is 7.98. The molecule has 3 aromatic rings. The standard InChI is InChI=1S/3C8H12N4.3C6H5NO2.3C3H8.CH4.3Os/c3*1-9-3-5-11(7-9)12-6-4-10(2)8-12;3*8-6(9)5-3-1-2-4-7-5;3*1-3-2;;;;/h3*3-8H,1-2H3;3*1-4H,(H,8,9);3*3H2,1-2H3;1H4;;;/q3*-2;;;;;;;;3*+2. The van der Waals surface area contributed by atoms with E-state index in [-0.39, 0.29) is 83.9 Å². The van der Waals surface area contributed by atoms with Crippen molar-refractivity contribution in [2.75, 3.05) is 42.3 Å².